The summed E-state index contributed by atoms with van der Waals surface area (Å²) in [6.07, 6.45) is 8.30. The molecule has 2 aliphatic rings. The Balaban J connectivity index is 1.84. The van der Waals surface area contributed by atoms with Gasteiger partial charge in [-0.15, -0.1) is 0 Å². The third-order valence-corrected chi connectivity index (χ3v) is 6.89. The van der Waals surface area contributed by atoms with Gasteiger partial charge < -0.3 is 5.32 Å². The Morgan fingerprint density at radius 3 is 2.65 bits per heavy atom. The smallest absolute Gasteiger partial charge is 0.258 e. The molecule has 1 saturated carbocycles. The summed E-state index contributed by atoms with van der Waals surface area (Å²) in [5, 5.41) is 12.7. The molecular formula is C27H31FN4O2. The maximum atomic E-state index is 14.7. The highest BCUT2D eigenvalue weighted by Crippen LogP contribution is 2.31. The first-order valence-electron chi connectivity index (χ1n) is 12.2. The normalized spacial score (nSPS) is 18.6. The average Bonchev–Trinajstić information content (AvgIpc) is 2.97. The first kappa shape index (κ1) is 23.9. The van der Waals surface area contributed by atoms with Gasteiger partial charge >= 0.3 is 0 Å². The van der Waals surface area contributed by atoms with Gasteiger partial charge in [0.25, 0.3) is 11.5 Å². The van der Waals surface area contributed by atoms with E-state index in [1.165, 1.54) is 12.1 Å². The van der Waals surface area contributed by atoms with Crippen LogP contribution in [0.1, 0.15) is 99.4 Å². The van der Waals surface area contributed by atoms with Crippen LogP contribution in [-0.4, -0.2) is 21.5 Å². The number of benzene rings is 1. The van der Waals surface area contributed by atoms with Crippen molar-refractivity contribution in [1.29, 1.82) is 5.26 Å². The zero-order chi connectivity index (χ0) is 24.4. The predicted molar refractivity (Wildman–Crippen MR) is 130 cm³/mol. The number of nitrogens with one attached hydrogen (secondary N) is 1. The van der Waals surface area contributed by atoms with Crippen molar-refractivity contribution in [2.24, 2.45) is 0 Å². The Labute approximate surface area is 199 Å². The maximum absolute atomic E-state index is 14.7. The van der Waals surface area contributed by atoms with Crippen LogP contribution in [0.2, 0.25) is 0 Å². The summed E-state index contributed by atoms with van der Waals surface area (Å²) in [6.45, 7) is 5.78. The molecule has 1 atom stereocenters. The summed E-state index contributed by atoms with van der Waals surface area (Å²) in [4.78, 5) is 31.4. The Morgan fingerprint density at radius 2 is 1.97 bits per heavy atom. The summed E-state index contributed by atoms with van der Waals surface area (Å²) < 4.78 is 16.3. The number of halogens is 1. The Morgan fingerprint density at radius 1 is 1.24 bits per heavy atom. The Kier molecular flexibility index (Phi) is 6.97. The van der Waals surface area contributed by atoms with E-state index >= 15 is 0 Å². The van der Waals surface area contributed by atoms with Crippen LogP contribution in [0, 0.1) is 17.1 Å². The van der Waals surface area contributed by atoms with Crippen LogP contribution in [0.3, 0.4) is 0 Å². The van der Waals surface area contributed by atoms with Crippen molar-refractivity contribution in [2.45, 2.75) is 83.7 Å². The summed E-state index contributed by atoms with van der Waals surface area (Å²) in [7, 11) is 0. The van der Waals surface area contributed by atoms with Gasteiger partial charge in [-0.2, -0.15) is 5.26 Å². The van der Waals surface area contributed by atoms with E-state index in [1.807, 2.05) is 26.8 Å². The molecule has 1 fully saturated rings. The highest BCUT2D eigenvalue weighted by Gasteiger charge is 2.27. The SMILES string of the molecule is CC(C)c1c(-c2ccc(F)c(C(=O)NC3CCCCC3)c2)nc2n(c1=O)C(C)CCC=C2C#N. The number of aromatic nitrogens is 2. The quantitative estimate of drug-likeness (QED) is 0.650. The fraction of sp³-hybridized carbons (Fsp3) is 0.481. The molecule has 2 aromatic rings. The lowest BCUT2D eigenvalue weighted by molar-refractivity contribution is 0.0923. The topological polar surface area (TPSA) is 87.8 Å². The van der Waals surface area contributed by atoms with Crippen molar-refractivity contribution >= 4 is 11.5 Å². The highest BCUT2D eigenvalue weighted by molar-refractivity contribution is 5.96. The molecule has 1 aromatic carbocycles. The molecule has 0 radical (unpaired) electrons. The van der Waals surface area contributed by atoms with E-state index in [0.717, 1.165) is 38.5 Å². The summed E-state index contributed by atoms with van der Waals surface area (Å²) in [6, 6.07) is 6.41. The molecule has 0 saturated heterocycles. The molecule has 34 heavy (non-hydrogen) atoms. The monoisotopic (exact) mass is 462 g/mol. The molecular weight excluding hydrogens is 431 g/mol. The Hall–Kier alpha value is -3.27. The van der Waals surface area contributed by atoms with Crippen LogP contribution in [0.15, 0.2) is 29.1 Å². The van der Waals surface area contributed by atoms with Crippen LogP contribution in [-0.2, 0) is 0 Å². The number of carbonyl (C=O) groups is 1. The average molecular weight is 463 g/mol. The fourth-order valence-corrected chi connectivity index (χ4v) is 5.03. The van der Waals surface area contributed by atoms with E-state index in [-0.39, 0.29) is 29.1 Å². The minimum absolute atomic E-state index is 0.0515. The van der Waals surface area contributed by atoms with Crippen LogP contribution < -0.4 is 10.9 Å². The maximum Gasteiger partial charge on any atom is 0.258 e. The molecule has 178 valence electrons. The molecule has 0 bridgehead atoms. The predicted octanol–water partition coefficient (Wildman–Crippen LogP) is 5.50. The van der Waals surface area contributed by atoms with Gasteiger partial charge in [0.15, 0.2) is 5.82 Å². The van der Waals surface area contributed by atoms with Gasteiger partial charge in [-0.05, 0) is 56.7 Å². The lowest BCUT2D eigenvalue weighted by Crippen LogP contribution is -2.36. The second-order valence-corrected chi connectivity index (χ2v) is 9.69. The van der Waals surface area contributed by atoms with Gasteiger partial charge in [-0.25, -0.2) is 9.37 Å². The third kappa shape index (κ3) is 4.54. The summed E-state index contributed by atoms with van der Waals surface area (Å²) in [5.74, 6) is -0.882. The molecule has 2 heterocycles. The molecule has 0 spiro atoms. The molecule has 1 aliphatic heterocycles. The number of allylic oxidation sites excluding steroid dienone is 2. The van der Waals surface area contributed by atoms with Crippen molar-refractivity contribution in [1.82, 2.24) is 14.9 Å². The second kappa shape index (κ2) is 9.92. The van der Waals surface area contributed by atoms with Crippen molar-refractivity contribution in [3.63, 3.8) is 0 Å². The van der Waals surface area contributed by atoms with Gasteiger partial charge in [-0.1, -0.05) is 39.2 Å². The standard InChI is InChI=1S/C27H31FN4O2/c1-16(2)23-24(31-25-19(15-29)9-7-8-17(3)32(25)27(23)34)18-12-13-22(28)21(14-18)26(33)30-20-10-5-4-6-11-20/h9,12-14,16-17,20H,4-8,10-11H2,1-3H3,(H,30,33). The molecule has 1 aliphatic carbocycles. The fourth-order valence-electron chi connectivity index (χ4n) is 5.03. The number of fused-ring (bicyclic) bond motifs is 1. The number of rotatable bonds is 4. The second-order valence-electron chi connectivity index (χ2n) is 9.69. The van der Waals surface area contributed by atoms with E-state index in [2.05, 4.69) is 11.4 Å². The number of nitrogens with zero attached hydrogens (tertiary/aromatic N) is 3. The molecule has 7 heteroatoms. The zero-order valence-electron chi connectivity index (χ0n) is 20.0. The minimum Gasteiger partial charge on any atom is -0.349 e. The minimum atomic E-state index is -0.610. The van der Waals surface area contributed by atoms with Crippen LogP contribution in [0.5, 0.6) is 0 Å². The zero-order valence-corrected chi connectivity index (χ0v) is 20.0. The van der Waals surface area contributed by atoms with Gasteiger partial charge in [0.05, 0.1) is 16.8 Å². The van der Waals surface area contributed by atoms with Gasteiger partial charge in [-0.3, -0.25) is 14.2 Å². The first-order valence-corrected chi connectivity index (χ1v) is 12.2. The van der Waals surface area contributed by atoms with Gasteiger partial charge in [0.1, 0.15) is 11.9 Å². The number of carbonyl (C=O) groups excluding carboxylic acids is 1. The van der Waals surface area contributed by atoms with Crippen LogP contribution in [0.25, 0.3) is 16.8 Å². The number of hydrogen-bond donors (Lipinski definition) is 1. The van der Waals surface area contributed by atoms with Crippen LogP contribution in [0.4, 0.5) is 4.39 Å². The molecule has 1 unspecified atom stereocenters. The van der Waals surface area contributed by atoms with Crippen LogP contribution >= 0.6 is 0 Å². The number of amides is 1. The number of hydrogen-bond acceptors (Lipinski definition) is 4. The summed E-state index contributed by atoms with van der Waals surface area (Å²) in [5.41, 5.74) is 1.50. The molecule has 1 amide bonds. The van der Waals surface area contributed by atoms with E-state index < -0.39 is 11.7 Å². The van der Waals surface area contributed by atoms with Crippen molar-refractivity contribution < 1.29 is 9.18 Å². The molecule has 1 N–H and O–H groups in total. The highest BCUT2D eigenvalue weighted by atomic mass is 19.1. The first-order chi connectivity index (χ1) is 16.3. The van der Waals surface area contributed by atoms with E-state index in [4.69, 9.17) is 4.98 Å². The van der Waals surface area contributed by atoms with E-state index in [9.17, 15) is 19.2 Å². The largest absolute Gasteiger partial charge is 0.349 e. The molecule has 6 nitrogen and oxygen atoms in total. The van der Waals surface area contributed by atoms with Crippen molar-refractivity contribution in [3.8, 4) is 17.3 Å². The van der Waals surface area contributed by atoms with Gasteiger partial charge in [0, 0.05) is 23.2 Å². The van der Waals surface area contributed by atoms with E-state index in [1.54, 1.807) is 10.6 Å². The lowest BCUT2D eigenvalue weighted by atomic mass is 9.94. The van der Waals surface area contributed by atoms with E-state index in [0.29, 0.717) is 34.6 Å². The number of nitriles is 1. The van der Waals surface area contributed by atoms with Gasteiger partial charge in [0.2, 0.25) is 0 Å². The summed E-state index contributed by atoms with van der Waals surface area (Å²) >= 11 is 0. The lowest BCUT2D eigenvalue weighted by Gasteiger charge is -2.23. The molecule has 1 aromatic heterocycles. The third-order valence-electron chi connectivity index (χ3n) is 6.89. The molecule has 4 rings (SSSR count). The van der Waals surface area contributed by atoms with Crippen molar-refractivity contribution in [2.75, 3.05) is 0 Å². The Bertz CT molecular complexity index is 1230. The van der Waals surface area contributed by atoms with Crippen molar-refractivity contribution in [3.05, 3.63) is 57.4 Å².